The second-order valence-electron chi connectivity index (χ2n) is 3.87. The molecule has 0 amide bonds. The van der Waals surface area contributed by atoms with Crippen molar-refractivity contribution in [2.45, 2.75) is 13.8 Å². The third-order valence-corrected chi connectivity index (χ3v) is 2.72. The van der Waals surface area contributed by atoms with Crippen LogP contribution in [0.25, 0.3) is 22.7 Å². The second kappa shape index (κ2) is 8.79. The molecule has 3 N–H and O–H groups in total. The molecule has 0 aliphatic heterocycles. The van der Waals surface area contributed by atoms with Crippen LogP contribution in [0.4, 0.5) is 5.82 Å². The predicted octanol–water partition coefficient (Wildman–Crippen LogP) is 3.03. The predicted molar refractivity (Wildman–Crippen MR) is 87.1 cm³/mol. The first-order chi connectivity index (χ1) is 11.3. The molecular weight excluding hydrogens is 294 g/mol. The zero-order valence-electron chi connectivity index (χ0n) is 12.9. The molecule has 0 aliphatic rings. The van der Waals surface area contributed by atoms with Crippen molar-refractivity contribution < 1.29 is 9.21 Å². The summed E-state index contributed by atoms with van der Waals surface area (Å²) in [6.07, 6.45) is 3.17. The van der Waals surface area contributed by atoms with Crippen LogP contribution in [0.5, 0.6) is 0 Å². The van der Waals surface area contributed by atoms with Crippen molar-refractivity contribution >= 4 is 12.6 Å². The van der Waals surface area contributed by atoms with Gasteiger partial charge >= 0.3 is 0 Å². The summed E-state index contributed by atoms with van der Waals surface area (Å²) >= 11 is 0. The Hall–Kier alpha value is -3.40. The zero-order valence-corrected chi connectivity index (χ0v) is 12.9. The normalized spacial score (nSPS) is 8.91. The smallest absolute Gasteiger partial charge is 0.142 e. The first-order valence-corrected chi connectivity index (χ1v) is 6.82. The van der Waals surface area contributed by atoms with E-state index in [0.717, 1.165) is 5.69 Å². The lowest BCUT2D eigenvalue weighted by atomic mass is 10.1. The van der Waals surface area contributed by atoms with Crippen molar-refractivity contribution in [2.75, 3.05) is 5.73 Å². The number of carbonyl (C=O) groups excluding carboxylic acids is 1. The molecule has 0 fully saturated rings. The minimum Gasteiger partial charge on any atom is -0.464 e. The molecular formula is C16H17N5O2. The average molecular weight is 311 g/mol. The first kappa shape index (κ1) is 17.7. The molecule has 23 heavy (non-hydrogen) atoms. The van der Waals surface area contributed by atoms with Gasteiger partial charge in [-0.3, -0.25) is 5.10 Å². The summed E-state index contributed by atoms with van der Waals surface area (Å²) in [5.74, 6) is 0.743. The van der Waals surface area contributed by atoms with Crippen molar-refractivity contribution in [3.8, 4) is 28.8 Å². The van der Waals surface area contributed by atoms with Crippen LogP contribution in [-0.4, -0.2) is 22.0 Å². The second-order valence-corrected chi connectivity index (χ2v) is 3.87. The highest BCUT2D eigenvalue weighted by Crippen LogP contribution is 2.30. The SMILES string of the molecule is C=O.CC.N#Cc1c(-c2ccco2)cc(-c2ccn[nH]2)nc1N. The molecule has 3 rings (SSSR count). The van der Waals surface area contributed by atoms with Gasteiger partial charge in [-0.1, -0.05) is 13.8 Å². The molecule has 0 atom stereocenters. The topological polar surface area (TPSA) is 122 Å². The molecule has 7 heteroatoms. The highest BCUT2D eigenvalue weighted by Gasteiger charge is 2.15. The number of carbonyl (C=O) groups is 1. The number of furan rings is 1. The lowest BCUT2D eigenvalue weighted by Crippen LogP contribution is -1.99. The molecule has 118 valence electrons. The molecule has 0 spiro atoms. The maximum atomic E-state index is 9.19. The third kappa shape index (κ3) is 3.83. The van der Waals surface area contributed by atoms with Crippen LogP contribution in [0.15, 0.2) is 41.1 Å². The molecule has 0 aliphatic carbocycles. The maximum absolute atomic E-state index is 9.19. The lowest BCUT2D eigenvalue weighted by Gasteiger charge is -2.06. The molecule has 3 aromatic rings. The van der Waals surface area contributed by atoms with E-state index >= 15 is 0 Å². The minimum absolute atomic E-state index is 0.168. The Morgan fingerprint density at radius 2 is 2.09 bits per heavy atom. The van der Waals surface area contributed by atoms with E-state index in [2.05, 4.69) is 21.3 Å². The van der Waals surface area contributed by atoms with Crippen LogP contribution in [0, 0.1) is 11.3 Å². The van der Waals surface area contributed by atoms with Crippen LogP contribution in [0.1, 0.15) is 19.4 Å². The number of nitrogens with one attached hydrogen (secondary N) is 1. The monoisotopic (exact) mass is 311 g/mol. The van der Waals surface area contributed by atoms with E-state index in [1.165, 1.54) is 0 Å². The van der Waals surface area contributed by atoms with Crippen LogP contribution in [-0.2, 0) is 4.79 Å². The maximum Gasteiger partial charge on any atom is 0.142 e. The van der Waals surface area contributed by atoms with Crippen LogP contribution in [0.2, 0.25) is 0 Å². The van der Waals surface area contributed by atoms with E-state index in [0.29, 0.717) is 22.6 Å². The number of rotatable bonds is 2. The molecule has 7 nitrogen and oxygen atoms in total. The van der Waals surface area contributed by atoms with Crippen molar-refractivity contribution in [1.82, 2.24) is 15.2 Å². The van der Waals surface area contributed by atoms with E-state index in [4.69, 9.17) is 14.9 Å². The van der Waals surface area contributed by atoms with E-state index in [9.17, 15) is 5.26 Å². The molecule has 0 bridgehead atoms. The number of nitrogens with zero attached hydrogens (tertiary/aromatic N) is 3. The number of H-pyrrole nitrogens is 1. The molecule has 0 unspecified atom stereocenters. The largest absolute Gasteiger partial charge is 0.464 e. The number of hydrogen-bond donors (Lipinski definition) is 2. The Morgan fingerprint density at radius 3 is 2.61 bits per heavy atom. The van der Waals surface area contributed by atoms with Gasteiger partial charge in [-0.25, -0.2) is 4.98 Å². The van der Waals surface area contributed by atoms with Crippen molar-refractivity contribution in [1.29, 1.82) is 5.26 Å². The highest BCUT2D eigenvalue weighted by molar-refractivity contribution is 5.76. The fourth-order valence-corrected chi connectivity index (χ4v) is 1.84. The van der Waals surface area contributed by atoms with Gasteiger partial charge in [0.15, 0.2) is 0 Å². The van der Waals surface area contributed by atoms with Crippen LogP contribution >= 0.6 is 0 Å². The summed E-state index contributed by atoms with van der Waals surface area (Å²) in [7, 11) is 0. The van der Waals surface area contributed by atoms with Crippen molar-refractivity contribution in [3.05, 3.63) is 42.3 Å². The third-order valence-electron chi connectivity index (χ3n) is 2.72. The van der Waals surface area contributed by atoms with E-state index in [1.54, 1.807) is 36.7 Å². The molecule has 0 radical (unpaired) electrons. The molecule has 0 saturated heterocycles. The zero-order chi connectivity index (χ0) is 17.2. The minimum atomic E-state index is 0.168. The summed E-state index contributed by atoms with van der Waals surface area (Å²) in [5.41, 5.74) is 8.09. The number of nitriles is 1. The summed E-state index contributed by atoms with van der Waals surface area (Å²) in [4.78, 5) is 12.2. The van der Waals surface area contributed by atoms with Crippen LogP contribution in [0.3, 0.4) is 0 Å². The number of aromatic nitrogens is 3. The summed E-state index contributed by atoms with van der Waals surface area (Å²) in [6.45, 7) is 6.00. The average Bonchev–Trinajstić information content (AvgIpc) is 3.31. The van der Waals surface area contributed by atoms with Crippen molar-refractivity contribution in [2.24, 2.45) is 0 Å². The fraction of sp³-hybridized carbons (Fsp3) is 0.125. The van der Waals surface area contributed by atoms with Gasteiger partial charge in [0.2, 0.25) is 0 Å². The number of pyridine rings is 1. The van der Waals surface area contributed by atoms with Gasteiger partial charge in [-0.2, -0.15) is 10.4 Å². The number of hydrogen-bond acceptors (Lipinski definition) is 6. The van der Waals surface area contributed by atoms with Gasteiger partial charge in [0, 0.05) is 11.8 Å². The number of aromatic amines is 1. The molecule has 3 aromatic heterocycles. The summed E-state index contributed by atoms with van der Waals surface area (Å²) in [6, 6.07) is 9.10. The molecule has 3 heterocycles. The number of nitrogen functional groups attached to an aromatic ring is 1. The fourth-order valence-electron chi connectivity index (χ4n) is 1.84. The number of nitrogens with two attached hydrogens (primary N) is 1. The van der Waals surface area contributed by atoms with Gasteiger partial charge in [0.25, 0.3) is 0 Å². The molecule has 0 aromatic carbocycles. The highest BCUT2D eigenvalue weighted by atomic mass is 16.3. The molecule has 0 saturated carbocycles. The van der Waals surface area contributed by atoms with Gasteiger partial charge in [-0.05, 0) is 24.3 Å². The lowest BCUT2D eigenvalue weighted by molar-refractivity contribution is -0.0979. The Bertz CT molecular complexity index is 759. The van der Waals surface area contributed by atoms with Gasteiger partial charge < -0.3 is 14.9 Å². The van der Waals surface area contributed by atoms with E-state index < -0.39 is 0 Å². The number of anilines is 1. The van der Waals surface area contributed by atoms with Gasteiger partial charge in [0.1, 0.15) is 30.0 Å². The first-order valence-electron chi connectivity index (χ1n) is 6.82. The van der Waals surface area contributed by atoms with Gasteiger partial charge in [0.05, 0.1) is 17.7 Å². The van der Waals surface area contributed by atoms with Crippen LogP contribution < -0.4 is 5.73 Å². The van der Waals surface area contributed by atoms with Crippen molar-refractivity contribution in [3.63, 3.8) is 0 Å². The quantitative estimate of drug-likeness (QED) is 0.750. The Kier molecular flexibility index (Phi) is 6.75. The van der Waals surface area contributed by atoms with Gasteiger partial charge in [-0.15, -0.1) is 0 Å². The van der Waals surface area contributed by atoms with E-state index in [-0.39, 0.29) is 5.82 Å². The Labute approximate surface area is 133 Å². The Morgan fingerprint density at radius 1 is 1.35 bits per heavy atom. The Balaban J connectivity index is 0.000000615. The summed E-state index contributed by atoms with van der Waals surface area (Å²) < 4.78 is 5.33. The van der Waals surface area contributed by atoms with E-state index in [1.807, 2.05) is 20.6 Å². The standard InChI is InChI=1S/C13H9N5O.C2H6.CH2O/c14-7-9-8(12-2-1-5-19-12)6-11(17-13(9)15)10-3-4-16-18-10;2*1-2/h1-6H,(H2,15,17)(H,16,18);1-2H3;1H2. The summed E-state index contributed by atoms with van der Waals surface area (Å²) in [5, 5.41) is 15.9.